The van der Waals surface area contributed by atoms with Crippen molar-refractivity contribution in [2.24, 2.45) is 0 Å². The first-order valence-corrected chi connectivity index (χ1v) is 16.0. The van der Waals surface area contributed by atoms with Crippen LogP contribution in [-0.4, -0.2) is 43.8 Å². The maximum Gasteiger partial charge on any atom is 0.264 e. The summed E-state index contributed by atoms with van der Waals surface area (Å²) in [4.78, 5) is 28.7. The summed E-state index contributed by atoms with van der Waals surface area (Å²) in [7, 11) is -4.24. The van der Waals surface area contributed by atoms with Crippen LogP contribution in [0.5, 0.6) is 0 Å². The van der Waals surface area contributed by atoms with Crippen molar-refractivity contribution >= 4 is 73.9 Å². The van der Waals surface area contributed by atoms with E-state index in [2.05, 4.69) is 5.32 Å². The molecule has 0 heterocycles. The molecule has 0 spiro atoms. The number of hydrogen-bond acceptors (Lipinski definition) is 4. The van der Waals surface area contributed by atoms with Gasteiger partial charge in [0.15, 0.2) is 0 Å². The zero-order valence-electron chi connectivity index (χ0n) is 22.2. The number of hydrogen-bond donors (Lipinski definition) is 1. The molecule has 1 N–H and O–H groups in total. The molecule has 2 amide bonds. The molecule has 3 aromatic carbocycles. The Balaban J connectivity index is 1.72. The minimum atomic E-state index is -4.24. The van der Waals surface area contributed by atoms with Gasteiger partial charge in [-0.1, -0.05) is 83.5 Å². The van der Waals surface area contributed by atoms with Crippen molar-refractivity contribution in [3.8, 4) is 0 Å². The first-order chi connectivity index (χ1) is 19.5. The Hall–Kier alpha value is -2.49. The Labute approximate surface area is 260 Å². The van der Waals surface area contributed by atoms with Gasteiger partial charge in [0, 0.05) is 32.7 Å². The number of halogens is 4. The highest BCUT2D eigenvalue weighted by atomic mass is 35.5. The summed E-state index contributed by atoms with van der Waals surface area (Å²) in [5, 5.41) is 4.15. The predicted octanol–water partition coefficient (Wildman–Crippen LogP) is 6.97. The van der Waals surface area contributed by atoms with Crippen molar-refractivity contribution < 1.29 is 18.0 Å². The molecule has 0 aliphatic heterocycles. The van der Waals surface area contributed by atoms with Crippen LogP contribution in [0.25, 0.3) is 0 Å². The van der Waals surface area contributed by atoms with E-state index in [9.17, 15) is 18.0 Å². The normalized spacial score (nSPS) is 14.5. The number of nitrogens with one attached hydrogen (secondary N) is 1. The Morgan fingerprint density at radius 3 is 2.15 bits per heavy atom. The van der Waals surface area contributed by atoms with Gasteiger partial charge in [0.05, 0.1) is 10.6 Å². The SMILES string of the molecule is CC(C(=O)NC1CCCC1)N(Cc1ccc(Cl)cc1Cl)C(=O)CN(c1cc(Cl)cc(Cl)c1)S(=O)(=O)c1ccccc1. The lowest BCUT2D eigenvalue weighted by atomic mass is 10.1. The second-order valence-corrected chi connectivity index (χ2v) is 13.5. The van der Waals surface area contributed by atoms with Gasteiger partial charge in [-0.15, -0.1) is 0 Å². The molecule has 3 aromatic rings. The van der Waals surface area contributed by atoms with Crippen molar-refractivity contribution in [1.29, 1.82) is 0 Å². The van der Waals surface area contributed by atoms with Crippen LogP contribution in [0.2, 0.25) is 20.1 Å². The first kappa shape index (κ1) is 31.4. The minimum Gasteiger partial charge on any atom is -0.352 e. The van der Waals surface area contributed by atoms with E-state index in [0.29, 0.717) is 15.6 Å². The second-order valence-electron chi connectivity index (χ2n) is 9.88. The Morgan fingerprint density at radius 2 is 1.54 bits per heavy atom. The third-order valence-electron chi connectivity index (χ3n) is 6.97. The van der Waals surface area contributed by atoms with Gasteiger partial charge in [0.2, 0.25) is 11.8 Å². The second kappa shape index (κ2) is 13.7. The highest BCUT2D eigenvalue weighted by molar-refractivity contribution is 7.92. The molecule has 7 nitrogen and oxygen atoms in total. The van der Waals surface area contributed by atoms with Gasteiger partial charge in [-0.25, -0.2) is 8.42 Å². The summed E-state index contributed by atoms with van der Waals surface area (Å²) in [5.41, 5.74) is 0.653. The van der Waals surface area contributed by atoms with Crippen LogP contribution in [0.4, 0.5) is 5.69 Å². The number of anilines is 1. The third-order valence-corrected chi connectivity index (χ3v) is 9.78. The third kappa shape index (κ3) is 7.87. The smallest absolute Gasteiger partial charge is 0.264 e. The molecule has 1 aliphatic carbocycles. The highest BCUT2D eigenvalue weighted by Crippen LogP contribution is 2.31. The van der Waals surface area contributed by atoms with Crippen LogP contribution in [0.3, 0.4) is 0 Å². The number of amides is 2. The predicted molar refractivity (Wildman–Crippen MR) is 164 cm³/mol. The van der Waals surface area contributed by atoms with Gasteiger partial charge in [0.25, 0.3) is 10.0 Å². The van der Waals surface area contributed by atoms with Gasteiger partial charge in [0.1, 0.15) is 12.6 Å². The minimum absolute atomic E-state index is 0.0248. The molecule has 0 bridgehead atoms. The van der Waals surface area contributed by atoms with Crippen LogP contribution < -0.4 is 9.62 Å². The molecule has 41 heavy (non-hydrogen) atoms. The maximum absolute atomic E-state index is 14.0. The van der Waals surface area contributed by atoms with Crippen LogP contribution in [-0.2, 0) is 26.2 Å². The fourth-order valence-electron chi connectivity index (χ4n) is 4.74. The molecule has 1 unspecified atom stereocenters. The highest BCUT2D eigenvalue weighted by Gasteiger charge is 2.34. The number of sulfonamides is 1. The summed E-state index contributed by atoms with van der Waals surface area (Å²) >= 11 is 24.9. The van der Waals surface area contributed by atoms with Crippen molar-refractivity contribution in [2.45, 2.75) is 56.1 Å². The fourth-order valence-corrected chi connectivity index (χ4v) is 7.14. The largest absolute Gasteiger partial charge is 0.352 e. The van der Waals surface area contributed by atoms with E-state index in [4.69, 9.17) is 46.4 Å². The van der Waals surface area contributed by atoms with Gasteiger partial charge >= 0.3 is 0 Å². The van der Waals surface area contributed by atoms with Crippen LogP contribution in [0.1, 0.15) is 38.2 Å². The first-order valence-electron chi connectivity index (χ1n) is 13.0. The topological polar surface area (TPSA) is 86.8 Å². The Kier molecular flexibility index (Phi) is 10.5. The Morgan fingerprint density at radius 1 is 0.902 bits per heavy atom. The standard InChI is InChI=1S/C29H29Cl4N3O4S/c1-19(29(38)34-24-7-5-6-8-24)35(17-20-11-12-21(30)16-27(20)33)28(37)18-36(25-14-22(31)13-23(32)15-25)41(39,40)26-9-3-2-4-10-26/h2-4,9-16,19,24H,5-8,17-18H2,1H3,(H,34,38). The molecule has 0 radical (unpaired) electrons. The van der Waals surface area contributed by atoms with E-state index in [1.54, 1.807) is 43.3 Å². The zero-order valence-corrected chi connectivity index (χ0v) is 26.0. The molecule has 1 fully saturated rings. The average Bonchev–Trinajstić information content (AvgIpc) is 3.43. The molecular weight excluding hydrogens is 628 g/mol. The fraction of sp³-hybridized carbons (Fsp3) is 0.310. The van der Waals surface area contributed by atoms with Crippen molar-refractivity contribution in [3.05, 3.63) is 92.4 Å². The quantitative estimate of drug-likeness (QED) is 0.255. The summed E-state index contributed by atoms with van der Waals surface area (Å²) in [6.07, 6.45) is 3.79. The Bertz CT molecular complexity index is 1500. The van der Waals surface area contributed by atoms with E-state index in [0.717, 1.165) is 30.0 Å². The molecule has 1 aliphatic rings. The van der Waals surface area contributed by atoms with E-state index < -0.39 is 28.5 Å². The van der Waals surface area contributed by atoms with Gasteiger partial charge in [-0.05, 0) is 67.8 Å². The molecule has 12 heteroatoms. The number of nitrogens with zero attached hydrogens (tertiary/aromatic N) is 2. The summed E-state index contributed by atoms with van der Waals surface area (Å²) in [6, 6.07) is 16.0. The van der Waals surface area contributed by atoms with Crippen LogP contribution in [0.15, 0.2) is 71.6 Å². The molecular formula is C29H29Cl4N3O4S. The number of carbonyl (C=O) groups is 2. The maximum atomic E-state index is 14.0. The van der Waals surface area contributed by atoms with E-state index in [1.165, 1.54) is 35.2 Å². The lowest BCUT2D eigenvalue weighted by Crippen LogP contribution is -2.52. The lowest BCUT2D eigenvalue weighted by Gasteiger charge is -2.32. The van der Waals surface area contributed by atoms with Gasteiger partial charge in [-0.2, -0.15) is 0 Å². The van der Waals surface area contributed by atoms with Crippen LogP contribution in [0, 0.1) is 0 Å². The van der Waals surface area contributed by atoms with Gasteiger partial charge in [-0.3, -0.25) is 13.9 Å². The molecule has 0 saturated heterocycles. The van der Waals surface area contributed by atoms with Crippen molar-refractivity contribution in [3.63, 3.8) is 0 Å². The van der Waals surface area contributed by atoms with Crippen LogP contribution >= 0.6 is 46.4 Å². The number of carbonyl (C=O) groups excluding carboxylic acids is 2. The summed E-state index contributed by atoms with van der Waals surface area (Å²) in [6.45, 7) is 0.933. The van der Waals surface area contributed by atoms with E-state index >= 15 is 0 Å². The summed E-state index contributed by atoms with van der Waals surface area (Å²) < 4.78 is 28.6. The van der Waals surface area contributed by atoms with Crippen molar-refractivity contribution in [1.82, 2.24) is 10.2 Å². The monoisotopic (exact) mass is 655 g/mol. The van der Waals surface area contributed by atoms with Crippen molar-refractivity contribution in [2.75, 3.05) is 10.8 Å². The zero-order chi connectivity index (χ0) is 29.7. The molecule has 4 rings (SSSR count). The van der Waals surface area contributed by atoms with Gasteiger partial charge < -0.3 is 10.2 Å². The summed E-state index contributed by atoms with van der Waals surface area (Å²) in [5.74, 6) is -0.959. The number of benzene rings is 3. The molecule has 218 valence electrons. The molecule has 1 atom stereocenters. The lowest BCUT2D eigenvalue weighted by molar-refractivity contribution is -0.139. The molecule has 0 aromatic heterocycles. The van der Waals surface area contributed by atoms with E-state index in [-0.39, 0.29) is 39.1 Å². The van der Waals surface area contributed by atoms with E-state index in [1.807, 2.05) is 0 Å². The number of rotatable bonds is 10. The average molecular weight is 657 g/mol. The molecule has 1 saturated carbocycles.